The van der Waals surface area contributed by atoms with Crippen molar-refractivity contribution in [3.8, 4) is 0 Å². The van der Waals surface area contributed by atoms with Gasteiger partial charge in [-0.3, -0.25) is 14.7 Å². The van der Waals surface area contributed by atoms with Crippen LogP contribution in [-0.4, -0.2) is 60.1 Å². The normalized spacial score (nSPS) is 13.6. The molecule has 0 aliphatic carbocycles. The number of aryl methyl sites for hydroxylation is 1. The largest absolute Gasteiger partial charge is 0.397 e. The lowest BCUT2D eigenvalue weighted by atomic mass is 10.2. The van der Waals surface area contributed by atoms with Gasteiger partial charge in [0.05, 0.1) is 30.4 Å². The predicted molar refractivity (Wildman–Crippen MR) is 149 cm³/mol. The molecular formula is C29H35FN6O2. The van der Waals surface area contributed by atoms with Gasteiger partial charge < -0.3 is 26.0 Å². The average molecular weight is 519 g/mol. The van der Waals surface area contributed by atoms with Gasteiger partial charge in [0.2, 0.25) is 0 Å². The van der Waals surface area contributed by atoms with E-state index in [1.54, 1.807) is 37.4 Å². The van der Waals surface area contributed by atoms with Crippen LogP contribution in [0.25, 0.3) is 0 Å². The summed E-state index contributed by atoms with van der Waals surface area (Å²) in [6.45, 7) is 11.6. The Morgan fingerprint density at radius 1 is 1.16 bits per heavy atom. The summed E-state index contributed by atoms with van der Waals surface area (Å²) in [5, 5.41) is 6.04. The molecule has 0 spiro atoms. The molecule has 0 bridgehead atoms. The summed E-state index contributed by atoms with van der Waals surface area (Å²) in [6.07, 6.45) is 2.62. The summed E-state index contributed by atoms with van der Waals surface area (Å²) in [7, 11) is 0. The minimum atomic E-state index is -0.329. The van der Waals surface area contributed by atoms with Crippen molar-refractivity contribution in [3.05, 3.63) is 95.8 Å². The maximum Gasteiger partial charge on any atom is 0.274 e. The Hall–Kier alpha value is -3.95. The van der Waals surface area contributed by atoms with E-state index in [1.807, 2.05) is 24.3 Å². The molecule has 1 aliphatic rings. The Balaban J connectivity index is 1.41. The molecule has 1 amide bonds. The third-order valence-corrected chi connectivity index (χ3v) is 6.49. The molecule has 0 radical (unpaired) electrons. The zero-order valence-corrected chi connectivity index (χ0v) is 21.8. The van der Waals surface area contributed by atoms with Gasteiger partial charge in [0.25, 0.3) is 5.91 Å². The maximum atomic E-state index is 14.1. The van der Waals surface area contributed by atoms with Crippen molar-refractivity contribution < 1.29 is 13.9 Å². The number of carbonyl (C=O) groups is 1. The number of anilines is 3. The van der Waals surface area contributed by atoms with E-state index in [9.17, 15) is 9.18 Å². The highest BCUT2D eigenvalue weighted by molar-refractivity contribution is 6.04. The van der Waals surface area contributed by atoms with E-state index in [4.69, 9.17) is 10.5 Å². The van der Waals surface area contributed by atoms with Crippen LogP contribution >= 0.6 is 0 Å². The molecule has 9 heteroatoms. The molecule has 200 valence electrons. The number of ether oxygens (including phenoxy) is 1. The van der Waals surface area contributed by atoms with Crippen molar-refractivity contribution in [1.82, 2.24) is 14.8 Å². The van der Waals surface area contributed by atoms with Crippen molar-refractivity contribution in [1.29, 1.82) is 0 Å². The summed E-state index contributed by atoms with van der Waals surface area (Å²) in [6, 6.07) is 15.7. The van der Waals surface area contributed by atoms with Gasteiger partial charge in [-0.15, -0.1) is 0 Å². The van der Waals surface area contributed by atoms with Crippen LogP contribution in [0.2, 0.25) is 0 Å². The Morgan fingerprint density at radius 3 is 2.66 bits per heavy atom. The van der Waals surface area contributed by atoms with E-state index in [0.717, 1.165) is 51.4 Å². The number of hydrogen-bond donors (Lipinski definition) is 3. The molecule has 4 N–H and O–H groups in total. The van der Waals surface area contributed by atoms with Gasteiger partial charge in [-0.2, -0.15) is 0 Å². The number of benzene rings is 2. The lowest BCUT2D eigenvalue weighted by molar-refractivity contribution is 0.0364. The third kappa shape index (κ3) is 7.53. The molecule has 1 saturated heterocycles. The quantitative estimate of drug-likeness (QED) is 0.322. The van der Waals surface area contributed by atoms with E-state index in [0.29, 0.717) is 40.7 Å². The molecule has 3 aromatic rings. The fraction of sp³-hybridized carbons (Fsp3) is 0.310. The first-order valence-corrected chi connectivity index (χ1v) is 12.8. The number of rotatable bonds is 11. The number of nitrogens with one attached hydrogen (secondary N) is 2. The van der Waals surface area contributed by atoms with Crippen molar-refractivity contribution in [2.24, 2.45) is 0 Å². The second-order valence-corrected chi connectivity index (χ2v) is 9.36. The molecular weight excluding hydrogens is 483 g/mol. The molecule has 0 saturated carbocycles. The number of para-hydroxylation sites is 2. The van der Waals surface area contributed by atoms with Crippen molar-refractivity contribution in [2.45, 2.75) is 19.9 Å². The number of aromatic nitrogens is 1. The number of halogens is 1. The highest BCUT2D eigenvalue weighted by Gasteiger charge is 2.15. The molecule has 8 nitrogen and oxygen atoms in total. The Bertz CT molecular complexity index is 1240. The fourth-order valence-corrected chi connectivity index (χ4v) is 4.21. The number of nitrogens with zero attached hydrogens (tertiary/aromatic N) is 3. The van der Waals surface area contributed by atoms with Crippen LogP contribution in [0.15, 0.2) is 73.2 Å². The fourth-order valence-electron chi connectivity index (χ4n) is 4.21. The number of pyridine rings is 1. The van der Waals surface area contributed by atoms with E-state index >= 15 is 0 Å². The van der Waals surface area contributed by atoms with Crippen molar-refractivity contribution in [3.63, 3.8) is 0 Å². The smallest absolute Gasteiger partial charge is 0.274 e. The van der Waals surface area contributed by atoms with Crippen LogP contribution < -0.4 is 16.4 Å². The first-order chi connectivity index (χ1) is 18.4. The van der Waals surface area contributed by atoms with E-state index in [-0.39, 0.29) is 11.7 Å². The standard InChI is InChI=1S/C29H35FN6O2/c1-21-8-10-24(18-25(21)30)33-22(2)36(13-5-12-35-14-16-38-17-15-35)20-23-9-11-28(32-19-23)29(37)34-27-7-4-3-6-26(27)31/h3-4,6-11,18-19,33H,2,5,12-17,20,31H2,1H3,(H,34,37). The van der Waals surface area contributed by atoms with Crippen molar-refractivity contribution in [2.75, 3.05) is 55.8 Å². The molecule has 0 atom stereocenters. The second kappa shape index (κ2) is 13.0. The maximum absolute atomic E-state index is 14.1. The van der Waals surface area contributed by atoms with Crippen LogP contribution in [-0.2, 0) is 11.3 Å². The predicted octanol–water partition coefficient (Wildman–Crippen LogP) is 4.47. The highest BCUT2D eigenvalue weighted by Crippen LogP contribution is 2.20. The van der Waals surface area contributed by atoms with Crippen LogP contribution in [0.3, 0.4) is 0 Å². The summed E-state index contributed by atoms with van der Waals surface area (Å²) >= 11 is 0. The summed E-state index contributed by atoms with van der Waals surface area (Å²) < 4.78 is 19.5. The summed E-state index contributed by atoms with van der Waals surface area (Å²) in [4.78, 5) is 21.5. The van der Waals surface area contributed by atoms with Gasteiger partial charge in [0.15, 0.2) is 0 Å². The van der Waals surface area contributed by atoms with Gasteiger partial charge in [0.1, 0.15) is 11.5 Å². The second-order valence-electron chi connectivity index (χ2n) is 9.36. The highest BCUT2D eigenvalue weighted by atomic mass is 19.1. The van der Waals surface area contributed by atoms with E-state index < -0.39 is 0 Å². The molecule has 1 aliphatic heterocycles. The lowest BCUT2D eigenvalue weighted by Gasteiger charge is -2.30. The van der Waals surface area contributed by atoms with Gasteiger partial charge in [0, 0.05) is 44.6 Å². The number of amides is 1. The van der Waals surface area contributed by atoms with Crippen LogP contribution in [0, 0.1) is 12.7 Å². The Kier molecular flexibility index (Phi) is 9.29. The Labute approximate surface area is 223 Å². The van der Waals surface area contributed by atoms with Crippen LogP contribution in [0.4, 0.5) is 21.5 Å². The first kappa shape index (κ1) is 27.1. The molecule has 2 heterocycles. The third-order valence-electron chi connectivity index (χ3n) is 6.49. The SMILES string of the molecule is C=C(Nc1ccc(C)c(F)c1)N(CCCN1CCOCC1)Cc1ccc(C(=O)Nc2ccccc2N)nc1. The summed E-state index contributed by atoms with van der Waals surface area (Å²) in [5.74, 6) is 0.0675. The molecule has 1 aromatic heterocycles. The van der Waals surface area contributed by atoms with Crippen molar-refractivity contribution >= 4 is 23.0 Å². The zero-order valence-electron chi connectivity index (χ0n) is 21.8. The molecule has 38 heavy (non-hydrogen) atoms. The number of nitrogen functional groups attached to an aromatic ring is 1. The van der Waals surface area contributed by atoms with E-state index in [2.05, 4.69) is 32.0 Å². The topological polar surface area (TPSA) is 95.8 Å². The number of carbonyl (C=O) groups excluding carboxylic acids is 1. The van der Waals surface area contributed by atoms with Gasteiger partial charge in [-0.05, 0) is 54.8 Å². The van der Waals surface area contributed by atoms with Crippen LogP contribution in [0.1, 0.15) is 28.0 Å². The van der Waals surface area contributed by atoms with Gasteiger partial charge in [-0.25, -0.2) is 4.39 Å². The molecule has 1 fully saturated rings. The monoisotopic (exact) mass is 518 g/mol. The zero-order chi connectivity index (χ0) is 26.9. The van der Waals surface area contributed by atoms with Gasteiger partial charge in [-0.1, -0.05) is 30.8 Å². The lowest BCUT2D eigenvalue weighted by Crippen LogP contribution is -2.38. The molecule has 2 aromatic carbocycles. The number of nitrogens with two attached hydrogens (primary N) is 1. The Morgan fingerprint density at radius 2 is 1.95 bits per heavy atom. The minimum Gasteiger partial charge on any atom is -0.397 e. The number of hydrogen-bond acceptors (Lipinski definition) is 7. The molecule has 0 unspecified atom stereocenters. The van der Waals surface area contributed by atoms with Crippen LogP contribution in [0.5, 0.6) is 0 Å². The minimum absolute atomic E-state index is 0.267. The van der Waals surface area contributed by atoms with Gasteiger partial charge >= 0.3 is 0 Å². The summed E-state index contributed by atoms with van der Waals surface area (Å²) in [5.41, 5.74) is 9.41. The number of morpholine rings is 1. The first-order valence-electron chi connectivity index (χ1n) is 12.8. The van der Waals surface area contributed by atoms with E-state index in [1.165, 1.54) is 6.07 Å². The molecule has 4 rings (SSSR count). The average Bonchev–Trinajstić information content (AvgIpc) is 2.92.